The Labute approximate surface area is 123 Å². The van der Waals surface area contributed by atoms with Crippen LogP contribution >= 0.6 is 0 Å². The Kier molecular flexibility index (Phi) is 5.37. The van der Waals surface area contributed by atoms with E-state index in [1.807, 2.05) is 30.5 Å². The van der Waals surface area contributed by atoms with Gasteiger partial charge in [0.05, 0.1) is 0 Å². The highest BCUT2D eigenvalue weighted by molar-refractivity contribution is 5.84. The number of carboxylic acids is 1. The van der Waals surface area contributed by atoms with Crippen LogP contribution in [0.1, 0.15) is 31.2 Å². The van der Waals surface area contributed by atoms with Gasteiger partial charge in [-0.25, -0.2) is 0 Å². The Morgan fingerprint density at radius 2 is 1.95 bits per heavy atom. The maximum absolute atomic E-state index is 11.7. The molecule has 0 fully saturated rings. The fraction of sp³-hybridized carbons (Fsp3) is 0.375. The van der Waals surface area contributed by atoms with Gasteiger partial charge in [-0.2, -0.15) is 0 Å². The lowest BCUT2D eigenvalue weighted by atomic mass is 10.1. The molecular weight excluding hydrogens is 268 g/mol. The molecule has 1 amide bonds. The second kappa shape index (κ2) is 7.47. The first kappa shape index (κ1) is 15.1. The van der Waals surface area contributed by atoms with Crippen molar-refractivity contribution in [2.24, 2.45) is 0 Å². The fourth-order valence-electron chi connectivity index (χ4n) is 2.30. The molecule has 0 radical (unpaired) electrons. The van der Waals surface area contributed by atoms with Crippen molar-refractivity contribution < 1.29 is 14.7 Å². The van der Waals surface area contributed by atoms with Gasteiger partial charge < -0.3 is 15.4 Å². The molecule has 0 spiro atoms. The molecule has 5 heteroatoms. The van der Waals surface area contributed by atoms with Crippen molar-refractivity contribution in [3.8, 4) is 0 Å². The molecule has 3 N–H and O–H groups in total. The van der Waals surface area contributed by atoms with Crippen molar-refractivity contribution in [3.05, 3.63) is 36.0 Å². The molecule has 0 aliphatic heterocycles. The van der Waals surface area contributed by atoms with Gasteiger partial charge >= 0.3 is 5.97 Å². The average Bonchev–Trinajstić information content (AvgIpc) is 2.87. The van der Waals surface area contributed by atoms with Crippen LogP contribution in [-0.2, 0) is 16.0 Å². The molecule has 0 bridgehead atoms. The van der Waals surface area contributed by atoms with Gasteiger partial charge in [-0.15, -0.1) is 0 Å². The maximum atomic E-state index is 11.7. The number of aromatic nitrogens is 1. The van der Waals surface area contributed by atoms with Gasteiger partial charge in [-0.1, -0.05) is 18.2 Å². The number of H-pyrrole nitrogens is 1. The van der Waals surface area contributed by atoms with E-state index in [0.29, 0.717) is 32.2 Å². The summed E-state index contributed by atoms with van der Waals surface area (Å²) in [6.07, 6.45) is 4.55. The minimum absolute atomic E-state index is 0.00982. The number of carbonyl (C=O) groups is 2. The van der Waals surface area contributed by atoms with Crippen LogP contribution in [0, 0.1) is 0 Å². The molecular formula is C16H20N2O3. The Hall–Kier alpha value is -2.30. The molecule has 5 nitrogen and oxygen atoms in total. The highest BCUT2D eigenvalue weighted by Gasteiger charge is 2.06. The first-order valence-electron chi connectivity index (χ1n) is 7.20. The van der Waals surface area contributed by atoms with E-state index in [-0.39, 0.29) is 12.3 Å². The number of aryl methyl sites for hydroxylation is 1. The van der Waals surface area contributed by atoms with Crippen LogP contribution in [0.2, 0.25) is 0 Å². The van der Waals surface area contributed by atoms with Crippen molar-refractivity contribution in [3.63, 3.8) is 0 Å². The smallest absolute Gasteiger partial charge is 0.303 e. The number of hydrogen-bond acceptors (Lipinski definition) is 2. The summed E-state index contributed by atoms with van der Waals surface area (Å²) in [6.45, 7) is 0.542. The molecule has 112 valence electrons. The Balaban J connectivity index is 1.70. The maximum Gasteiger partial charge on any atom is 0.303 e. The highest BCUT2D eigenvalue weighted by atomic mass is 16.4. The fourth-order valence-corrected chi connectivity index (χ4v) is 2.30. The molecule has 1 aromatic carbocycles. The zero-order valence-corrected chi connectivity index (χ0v) is 11.9. The van der Waals surface area contributed by atoms with Crippen LogP contribution in [0.4, 0.5) is 0 Å². The summed E-state index contributed by atoms with van der Waals surface area (Å²) in [5.41, 5.74) is 2.23. The van der Waals surface area contributed by atoms with Crippen LogP contribution in [0.3, 0.4) is 0 Å². The molecule has 0 saturated heterocycles. The van der Waals surface area contributed by atoms with Crippen LogP contribution in [0.25, 0.3) is 10.9 Å². The van der Waals surface area contributed by atoms with E-state index in [2.05, 4.69) is 10.3 Å². The predicted molar refractivity (Wildman–Crippen MR) is 81.1 cm³/mol. The summed E-state index contributed by atoms with van der Waals surface area (Å²) in [5, 5.41) is 12.5. The van der Waals surface area contributed by atoms with E-state index < -0.39 is 5.97 Å². The lowest BCUT2D eigenvalue weighted by Crippen LogP contribution is -2.24. The van der Waals surface area contributed by atoms with Crippen LogP contribution in [0.15, 0.2) is 30.5 Å². The minimum atomic E-state index is -0.791. The topological polar surface area (TPSA) is 82.2 Å². The molecule has 21 heavy (non-hydrogen) atoms. The van der Waals surface area contributed by atoms with Crippen molar-refractivity contribution in [2.75, 3.05) is 6.54 Å². The van der Waals surface area contributed by atoms with E-state index in [1.165, 1.54) is 0 Å². The number of benzene rings is 1. The third kappa shape index (κ3) is 4.63. The second-order valence-electron chi connectivity index (χ2n) is 5.06. The van der Waals surface area contributed by atoms with Crippen molar-refractivity contribution >= 4 is 22.8 Å². The number of carbonyl (C=O) groups excluding carboxylic acids is 1. The number of amides is 1. The summed E-state index contributed by atoms with van der Waals surface area (Å²) >= 11 is 0. The van der Waals surface area contributed by atoms with Gasteiger partial charge in [0.1, 0.15) is 0 Å². The molecule has 0 unspecified atom stereocenters. The van der Waals surface area contributed by atoms with E-state index >= 15 is 0 Å². The molecule has 0 aliphatic carbocycles. The average molecular weight is 288 g/mol. The van der Waals surface area contributed by atoms with Gasteiger partial charge in [0.2, 0.25) is 5.91 Å². The summed E-state index contributed by atoms with van der Waals surface area (Å²) in [4.78, 5) is 25.3. The lowest BCUT2D eigenvalue weighted by molar-refractivity contribution is -0.137. The molecule has 0 saturated carbocycles. The normalized spacial score (nSPS) is 10.7. The summed E-state index contributed by atoms with van der Waals surface area (Å²) in [5.74, 6) is -0.781. The monoisotopic (exact) mass is 288 g/mol. The largest absolute Gasteiger partial charge is 0.481 e. The van der Waals surface area contributed by atoms with Gasteiger partial charge in [-0.05, 0) is 30.9 Å². The summed E-state index contributed by atoms with van der Waals surface area (Å²) in [6, 6.07) is 8.03. The van der Waals surface area contributed by atoms with Gasteiger partial charge in [0, 0.05) is 36.5 Å². The molecule has 2 aromatic rings. The highest BCUT2D eigenvalue weighted by Crippen LogP contribution is 2.18. The van der Waals surface area contributed by atoms with Crippen LogP contribution < -0.4 is 5.32 Å². The Bertz CT molecular complexity index is 619. The summed E-state index contributed by atoms with van der Waals surface area (Å²) < 4.78 is 0. The number of rotatable bonds is 8. The van der Waals surface area contributed by atoms with Crippen LogP contribution in [0.5, 0.6) is 0 Å². The van der Waals surface area contributed by atoms with E-state index in [0.717, 1.165) is 16.5 Å². The quantitative estimate of drug-likeness (QED) is 0.653. The zero-order valence-electron chi connectivity index (χ0n) is 11.9. The molecule has 1 heterocycles. The number of hydrogen-bond donors (Lipinski definition) is 3. The molecule has 2 rings (SSSR count). The Morgan fingerprint density at radius 3 is 2.76 bits per heavy atom. The number of nitrogens with one attached hydrogen (secondary N) is 2. The SMILES string of the molecule is O=C(O)CCCCNC(=O)CCc1c[nH]c2ccccc12. The minimum Gasteiger partial charge on any atom is -0.481 e. The number of aromatic amines is 1. The van der Waals surface area contributed by atoms with E-state index in [9.17, 15) is 9.59 Å². The second-order valence-corrected chi connectivity index (χ2v) is 5.06. The molecule has 0 atom stereocenters. The number of aliphatic carboxylic acids is 1. The molecule has 0 aliphatic rings. The zero-order chi connectivity index (χ0) is 15.1. The number of fused-ring (bicyclic) bond motifs is 1. The van der Waals surface area contributed by atoms with E-state index in [4.69, 9.17) is 5.11 Å². The third-order valence-corrected chi connectivity index (χ3v) is 3.44. The number of para-hydroxylation sites is 1. The molecule has 1 aromatic heterocycles. The first-order chi connectivity index (χ1) is 10.2. The van der Waals surface area contributed by atoms with Crippen molar-refractivity contribution in [1.29, 1.82) is 0 Å². The number of carboxylic acid groups (broad SMARTS) is 1. The van der Waals surface area contributed by atoms with E-state index in [1.54, 1.807) is 0 Å². The third-order valence-electron chi connectivity index (χ3n) is 3.44. The lowest BCUT2D eigenvalue weighted by Gasteiger charge is -2.04. The first-order valence-corrected chi connectivity index (χ1v) is 7.20. The van der Waals surface area contributed by atoms with Crippen molar-refractivity contribution in [1.82, 2.24) is 10.3 Å². The van der Waals surface area contributed by atoms with Gasteiger partial charge in [0.15, 0.2) is 0 Å². The number of unbranched alkanes of at least 4 members (excludes halogenated alkanes) is 1. The standard InChI is InChI=1S/C16H20N2O3/c19-15(17-10-4-3-7-16(20)21)9-8-12-11-18-14-6-2-1-5-13(12)14/h1-2,5-6,11,18H,3-4,7-10H2,(H,17,19)(H,20,21). The summed E-state index contributed by atoms with van der Waals surface area (Å²) in [7, 11) is 0. The van der Waals surface area contributed by atoms with Crippen LogP contribution in [-0.4, -0.2) is 28.5 Å². The van der Waals surface area contributed by atoms with Gasteiger partial charge in [-0.3, -0.25) is 9.59 Å². The predicted octanol–water partition coefficient (Wildman–Crippen LogP) is 2.47. The Morgan fingerprint density at radius 1 is 1.14 bits per heavy atom. The van der Waals surface area contributed by atoms with Crippen molar-refractivity contribution in [2.45, 2.75) is 32.1 Å². The van der Waals surface area contributed by atoms with Gasteiger partial charge in [0.25, 0.3) is 0 Å².